The Kier molecular flexibility index (Phi) is 7.12. The quantitative estimate of drug-likeness (QED) is 0.501. The second-order valence-electron chi connectivity index (χ2n) is 10.7. The fourth-order valence-corrected chi connectivity index (χ4v) is 6.02. The number of nitrogens with zero attached hydrogens (tertiary/aromatic N) is 7. The van der Waals surface area contributed by atoms with E-state index < -0.39 is 0 Å². The van der Waals surface area contributed by atoms with Gasteiger partial charge < -0.3 is 29.2 Å². The van der Waals surface area contributed by atoms with Crippen LogP contribution in [0.4, 0.5) is 16.2 Å². The number of benzene rings is 1. The van der Waals surface area contributed by atoms with Crippen LogP contribution in [-0.4, -0.2) is 116 Å². The van der Waals surface area contributed by atoms with Crippen LogP contribution >= 0.6 is 0 Å². The fourth-order valence-electron chi connectivity index (χ4n) is 6.02. The standard InChI is InChI=1S/C29H39N7O2/c1-3-31-10-12-32(13-11-31)26-6-4-24(5-7-26)25-18-28-27(8-9-30-36(28)21-25)33-14-16-34(17-15-33)29(37)35-19-23(20-35)22-38-2/h4-9,18,21,23H,3,10-17,19-20,22H2,1-2H3. The van der Waals surface area contributed by atoms with E-state index in [1.54, 1.807) is 7.11 Å². The molecule has 6 rings (SSSR count). The molecule has 9 heteroatoms. The van der Waals surface area contributed by atoms with Gasteiger partial charge in [0.25, 0.3) is 0 Å². The van der Waals surface area contributed by atoms with Gasteiger partial charge in [-0.05, 0) is 36.4 Å². The third kappa shape index (κ3) is 4.92. The molecule has 3 saturated heterocycles. The molecule has 2 aromatic heterocycles. The Morgan fingerprint density at radius 3 is 2.29 bits per heavy atom. The van der Waals surface area contributed by atoms with Crippen molar-refractivity contribution in [1.29, 1.82) is 0 Å². The summed E-state index contributed by atoms with van der Waals surface area (Å²) < 4.78 is 7.20. The summed E-state index contributed by atoms with van der Waals surface area (Å²) in [5, 5.41) is 4.59. The number of anilines is 2. The number of carbonyl (C=O) groups is 1. The van der Waals surface area contributed by atoms with Gasteiger partial charge in [0.15, 0.2) is 0 Å². The summed E-state index contributed by atoms with van der Waals surface area (Å²) in [6.45, 7) is 13.3. The van der Waals surface area contributed by atoms with Gasteiger partial charge in [-0.1, -0.05) is 19.1 Å². The minimum absolute atomic E-state index is 0.164. The van der Waals surface area contributed by atoms with Crippen molar-refractivity contribution >= 4 is 22.9 Å². The lowest BCUT2D eigenvalue weighted by Gasteiger charge is -2.44. The molecular weight excluding hydrogens is 478 g/mol. The van der Waals surface area contributed by atoms with Crippen molar-refractivity contribution in [3.05, 3.63) is 48.8 Å². The molecule has 1 aromatic carbocycles. The number of carbonyl (C=O) groups excluding carboxylic acids is 1. The number of likely N-dealkylation sites (N-methyl/N-ethyl adjacent to an activating group) is 1. The van der Waals surface area contributed by atoms with E-state index in [2.05, 4.69) is 69.3 Å². The Morgan fingerprint density at radius 2 is 1.61 bits per heavy atom. The average Bonchev–Trinajstić information content (AvgIpc) is 3.39. The van der Waals surface area contributed by atoms with Crippen LogP contribution in [0.3, 0.4) is 0 Å². The molecule has 9 nitrogen and oxygen atoms in total. The smallest absolute Gasteiger partial charge is 0.320 e. The summed E-state index contributed by atoms with van der Waals surface area (Å²) in [6.07, 6.45) is 3.99. The summed E-state index contributed by atoms with van der Waals surface area (Å²) in [7, 11) is 1.72. The molecule has 0 spiro atoms. The zero-order valence-electron chi connectivity index (χ0n) is 22.6. The van der Waals surface area contributed by atoms with Gasteiger partial charge in [0, 0.05) is 102 Å². The second kappa shape index (κ2) is 10.8. The van der Waals surface area contributed by atoms with Gasteiger partial charge in [0.2, 0.25) is 0 Å². The van der Waals surface area contributed by atoms with Crippen LogP contribution in [0, 0.1) is 5.92 Å². The first-order valence-electron chi connectivity index (χ1n) is 14.0. The van der Waals surface area contributed by atoms with Gasteiger partial charge in [0.1, 0.15) is 0 Å². The monoisotopic (exact) mass is 517 g/mol. The van der Waals surface area contributed by atoms with Crippen molar-refractivity contribution in [2.75, 3.05) is 95.5 Å². The van der Waals surface area contributed by atoms with Crippen LogP contribution in [0.25, 0.3) is 16.6 Å². The van der Waals surface area contributed by atoms with Gasteiger partial charge in [-0.25, -0.2) is 9.31 Å². The Morgan fingerprint density at radius 1 is 0.895 bits per heavy atom. The molecule has 3 aliphatic rings. The number of amides is 2. The molecule has 38 heavy (non-hydrogen) atoms. The Balaban J connectivity index is 1.11. The first-order valence-corrected chi connectivity index (χ1v) is 14.0. The average molecular weight is 518 g/mol. The number of piperazine rings is 2. The van der Waals surface area contributed by atoms with Gasteiger partial charge in [-0.2, -0.15) is 5.10 Å². The van der Waals surface area contributed by atoms with Gasteiger partial charge >= 0.3 is 6.03 Å². The molecule has 3 aromatic rings. The third-order valence-corrected chi connectivity index (χ3v) is 8.39. The maximum Gasteiger partial charge on any atom is 0.320 e. The van der Waals surface area contributed by atoms with Crippen LogP contribution < -0.4 is 9.80 Å². The molecule has 202 valence electrons. The second-order valence-corrected chi connectivity index (χ2v) is 10.7. The lowest BCUT2D eigenvalue weighted by molar-refractivity contribution is 0.0418. The molecule has 0 radical (unpaired) electrons. The maximum absolute atomic E-state index is 12.9. The van der Waals surface area contributed by atoms with Gasteiger partial charge in [-0.15, -0.1) is 0 Å². The van der Waals surface area contributed by atoms with Crippen LogP contribution in [0.1, 0.15) is 6.92 Å². The summed E-state index contributed by atoms with van der Waals surface area (Å²) in [6, 6.07) is 13.5. The highest BCUT2D eigenvalue weighted by molar-refractivity contribution is 5.81. The topological polar surface area (TPSA) is 59.8 Å². The lowest BCUT2D eigenvalue weighted by Crippen LogP contribution is -2.59. The molecule has 0 atom stereocenters. The molecular formula is C29H39N7O2. The summed E-state index contributed by atoms with van der Waals surface area (Å²) in [5.41, 5.74) is 5.95. The largest absolute Gasteiger partial charge is 0.384 e. The molecule has 0 bridgehead atoms. The molecule has 3 fully saturated rings. The summed E-state index contributed by atoms with van der Waals surface area (Å²) in [4.78, 5) is 24.2. The van der Waals surface area contributed by atoms with Crippen LogP contribution in [-0.2, 0) is 4.74 Å². The van der Waals surface area contributed by atoms with Crippen molar-refractivity contribution < 1.29 is 9.53 Å². The van der Waals surface area contributed by atoms with Crippen molar-refractivity contribution in [2.45, 2.75) is 6.92 Å². The number of likely N-dealkylation sites (tertiary alicyclic amines) is 1. The molecule has 2 amide bonds. The number of methoxy groups -OCH3 is 1. The lowest BCUT2D eigenvalue weighted by atomic mass is 10.0. The Labute approximate surface area is 225 Å². The first-order chi connectivity index (χ1) is 18.6. The molecule has 0 saturated carbocycles. The fraction of sp³-hybridized carbons (Fsp3) is 0.517. The van der Waals surface area contributed by atoms with Crippen molar-refractivity contribution in [2.24, 2.45) is 5.92 Å². The zero-order valence-corrected chi connectivity index (χ0v) is 22.6. The van der Waals surface area contributed by atoms with Gasteiger partial charge in [0.05, 0.1) is 17.8 Å². The van der Waals surface area contributed by atoms with E-state index >= 15 is 0 Å². The van der Waals surface area contributed by atoms with E-state index in [9.17, 15) is 4.79 Å². The molecule has 3 aliphatic heterocycles. The predicted octanol–water partition coefficient (Wildman–Crippen LogP) is 2.96. The van der Waals surface area contributed by atoms with E-state index in [0.717, 1.165) is 84.1 Å². The van der Waals surface area contributed by atoms with E-state index in [1.807, 2.05) is 20.5 Å². The van der Waals surface area contributed by atoms with Crippen LogP contribution in [0.15, 0.2) is 48.8 Å². The number of hydrogen-bond acceptors (Lipinski definition) is 6. The third-order valence-electron chi connectivity index (χ3n) is 8.39. The molecule has 0 aliphatic carbocycles. The van der Waals surface area contributed by atoms with E-state index in [1.165, 1.54) is 22.5 Å². The van der Waals surface area contributed by atoms with E-state index in [4.69, 9.17) is 4.74 Å². The van der Waals surface area contributed by atoms with Crippen molar-refractivity contribution in [1.82, 2.24) is 24.3 Å². The van der Waals surface area contributed by atoms with Crippen LogP contribution in [0.2, 0.25) is 0 Å². The normalized spacial score (nSPS) is 19.3. The number of ether oxygens (including phenoxy) is 1. The van der Waals surface area contributed by atoms with E-state index in [0.29, 0.717) is 5.92 Å². The summed E-state index contributed by atoms with van der Waals surface area (Å²) in [5.74, 6) is 0.478. The number of rotatable bonds is 6. The van der Waals surface area contributed by atoms with Crippen molar-refractivity contribution in [3.8, 4) is 11.1 Å². The highest BCUT2D eigenvalue weighted by Crippen LogP contribution is 2.30. The first kappa shape index (κ1) is 25.0. The minimum Gasteiger partial charge on any atom is -0.384 e. The maximum atomic E-state index is 12.9. The highest BCUT2D eigenvalue weighted by atomic mass is 16.5. The van der Waals surface area contributed by atoms with Crippen LogP contribution in [0.5, 0.6) is 0 Å². The van der Waals surface area contributed by atoms with Crippen molar-refractivity contribution in [3.63, 3.8) is 0 Å². The minimum atomic E-state index is 0.164. The number of urea groups is 1. The molecule has 0 N–H and O–H groups in total. The zero-order chi connectivity index (χ0) is 26.1. The van der Waals surface area contributed by atoms with Gasteiger partial charge in [-0.3, -0.25) is 0 Å². The predicted molar refractivity (Wildman–Crippen MR) is 151 cm³/mol. The molecule has 5 heterocycles. The summed E-state index contributed by atoms with van der Waals surface area (Å²) >= 11 is 0. The number of hydrogen-bond donors (Lipinski definition) is 0. The molecule has 0 unspecified atom stereocenters. The number of aromatic nitrogens is 2. The van der Waals surface area contributed by atoms with E-state index in [-0.39, 0.29) is 6.03 Å². The Hall–Kier alpha value is -3.30. The highest BCUT2D eigenvalue weighted by Gasteiger charge is 2.34. The Bertz CT molecular complexity index is 1240. The SMILES string of the molecule is CCN1CCN(c2ccc(-c3cc4c(N5CCN(C(=O)N6CC(COC)C6)CC5)ccnn4c3)cc2)CC1. The number of fused-ring (bicyclic) bond motifs is 1.